The number of halogens is 4. The Balaban J connectivity index is 1.47. The van der Waals surface area contributed by atoms with E-state index in [1.54, 1.807) is 0 Å². The Kier molecular flexibility index (Phi) is 9.08. The number of rotatable bonds is 9. The lowest BCUT2D eigenvalue weighted by molar-refractivity contribution is -0.384. The van der Waals surface area contributed by atoms with Crippen LogP contribution in [0.2, 0.25) is 5.02 Å². The summed E-state index contributed by atoms with van der Waals surface area (Å²) in [6, 6.07) is 12.5. The molecule has 0 aliphatic heterocycles. The molecule has 218 valence electrons. The summed E-state index contributed by atoms with van der Waals surface area (Å²) < 4.78 is 69.5. The lowest BCUT2D eigenvalue weighted by atomic mass is 9.89. The van der Waals surface area contributed by atoms with Crippen LogP contribution in [0, 0.1) is 16.0 Å². The standard InChI is InChI=1S/C27H25ClF3N3O6S/c28-22-12-10-20(14-25(22)40-27(29,30)31)18-6-8-19(9-7-18)26(35)33-41(38,39)21-11-13-23(24(15-21)34(36)37)32-16-17-4-2-1-3-5-17/h6-15,17,32H,1-5,16H2,(H,33,35). The lowest BCUT2D eigenvalue weighted by Gasteiger charge is -2.22. The van der Waals surface area contributed by atoms with Crippen molar-refractivity contribution in [3.05, 3.63) is 81.4 Å². The third-order valence-electron chi connectivity index (χ3n) is 6.65. The fourth-order valence-corrected chi connectivity index (χ4v) is 5.71. The molecule has 0 atom stereocenters. The number of nitrogens with one attached hydrogen (secondary N) is 2. The maximum atomic E-state index is 12.9. The number of amides is 1. The highest BCUT2D eigenvalue weighted by atomic mass is 35.5. The van der Waals surface area contributed by atoms with Crippen LogP contribution < -0.4 is 14.8 Å². The van der Waals surface area contributed by atoms with E-state index in [9.17, 15) is 36.5 Å². The van der Waals surface area contributed by atoms with E-state index >= 15 is 0 Å². The Morgan fingerprint density at radius 1 is 1.00 bits per heavy atom. The minimum absolute atomic E-state index is 0.0710. The van der Waals surface area contributed by atoms with E-state index in [0.29, 0.717) is 23.6 Å². The Morgan fingerprint density at radius 2 is 1.66 bits per heavy atom. The predicted octanol–water partition coefficient (Wildman–Crippen LogP) is 6.92. The first-order valence-electron chi connectivity index (χ1n) is 12.6. The molecule has 0 spiro atoms. The average Bonchev–Trinajstić information content (AvgIpc) is 2.92. The van der Waals surface area contributed by atoms with Gasteiger partial charge < -0.3 is 10.1 Å². The van der Waals surface area contributed by atoms with E-state index in [-0.39, 0.29) is 16.3 Å². The van der Waals surface area contributed by atoms with Gasteiger partial charge in [-0.15, -0.1) is 13.2 Å². The van der Waals surface area contributed by atoms with Crippen molar-refractivity contribution in [2.45, 2.75) is 43.4 Å². The van der Waals surface area contributed by atoms with Gasteiger partial charge in [0.1, 0.15) is 11.4 Å². The van der Waals surface area contributed by atoms with Gasteiger partial charge >= 0.3 is 6.36 Å². The summed E-state index contributed by atoms with van der Waals surface area (Å²) in [6.07, 6.45) is 0.478. The van der Waals surface area contributed by atoms with Gasteiger partial charge in [-0.05, 0) is 66.3 Å². The summed E-state index contributed by atoms with van der Waals surface area (Å²) in [7, 11) is -4.48. The molecule has 1 saturated carbocycles. The SMILES string of the molecule is O=C(NS(=O)(=O)c1ccc(NCC2CCCCC2)c([N+](=O)[O-])c1)c1ccc(-c2ccc(Cl)c(OC(F)(F)F)c2)cc1. The number of nitro benzene ring substituents is 1. The van der Waals surface area contributed by atoms with Crippen LogP contribution in [0.1, 0.15) is 42.5 Å². The van der Waals surface area contributed by atoms with E-state index < -0.39 is 43.5 Å². The molecule has 0 unspecified atom stereocenters. The normalized spacial score (nSPS) is 14.3. The molecule has 3 aromatic rings. The molecule has 1 amide bonds. The fourth-order valence-electron chi connectivity index (χ4n) is 4.56. The molecular formula is C27H25ClF3N3O6S. The molecule has 0 saturated heterocycles. The van der Waals surface area contributed by atoms with Crippen molar-refractivity contribution >= 4 is 38.9 Å². The van der Waals surface area contributed by atoms with Crippen molar-refractivity contribution in [3.8, 4) is 16.9 Å². The van der Waals surface area contributed by atoms with E-state index in [0.717, 1.165) is 37.8 Å². The highest BCUT2D eigenvalue weighted by molar-refractivity contribution is 7.90. The van der Waals surface area contributed by atoms with Gasteiger partial charge in [0.25, 0.3) is 21.6 Å². The van der Waals surface area contributed by atoms with Crippen LogP contribution in [0.4, 0.5) is 24.5 Å². The van der Waals surface area contributed by atoms with E-state index in [1.165, 1.54) is 55.0 Å². The van der Waals surface area contributed by atoms with E-state index in [1.807, 2.05) is 4.72 Å². The number of nitrogens with zero attached hydrogens (tertiary/aromatic N) is 1. The zero-order chi connectivity index (χ0) is 29.8. The monoisotopic (exact) mass is 611 g/mol. The molecule has 14 heteroatoms. The summed E-state index contributed by atoms with van der Waals surface area (Å²) in [5.74, 6) is -1.22. The second kappa shape index (κ2) is 12.4. The summed E-state index contributed by atoms with van der Waals surface area (Å²) in [5.41, 5.74) is 0.390. The van der Waals surface area contributed by atoms with Crippen LogP contribution in [0.15, 0.2) is 65.6 Å². The van der Waals surface area contributed by atoms with Crippen LogP contribution in [0.3, 0.4) is 0 Å². The van der Waals surface area contributed by atoms with Gasteiger partial charge in [-0.3, -0.25) is 14.9 Å². The number of anilines is 1. The average molecular weight is 612 g/mol. The first-order valence-corrected chi connectivity index (χ1v) is 14.4. The van der Waals surface area contributed by atoms with Gasteiger partial charge in [-0.2, -0.15) is 0 Å². The molecule has 0 aromatic heterocycles. The number of carbonyl (C=O) groups excluding carboxylic acids is 1. The molecule has 41 heavy (non-hydrogen) atoms. The van der Waals surface area contributed by atoms with Crippen LogP contribution in [-0.4, -0.2) is 32.2 Å². The van der Waals surface area contributed by atoms with Crippen molar-refractivity contribution in [2.24, 2.45) is 5.92 Å². The first-order chi connectivity index (χ1) is 19.3. The highest BCUT2D eigenvalue weighted by Crippen LogP contribution is 2.34. The molecule has 3 aromatic carbocycles. The first kappa shape index (κ1) is 30.1. The molecular weight excluding hydrogens is 587 g/mol. The topological polar surface area (TPSA) is 128 Å². The number of carbonyl (C=O) groups is 1. The van der Waals surface area contributed by atoms with Crippen molar-refractivity contribution in [3.63, 3.8) is 0 Å². The molecule has 2 N–H and O–H groups in total. The number of benzene rings is 3. The summed E-state index contributed by atoms with van der Waals surface area (Å²) >= 11 is 5.78. The number of hydrogen-bond donors (Lipinski definition) is 2. The third kappa shape index (κ3) is 7.88. The van der Waals surface area contributed by atoms with Crippen molar-refractivity contribution < 1.29 is 36.0 Å². The summed E-state index contributed by atoms with van der Waals surface area (Å²) in [6.45, 7) is 0.534. The molecule has 0 radical (unpaired) electrons. The minimum Gasteiger partial charge on any atom is -0.404 e. The molecule has 0 heterocycles. The van der Waals surface area contributed by atoms with Crippen LogP contribution >= 0.6 is 11.6 Å². The second-order valence-electron chi connectivity index (χ2n) is 9.53. The van der Waals surface area contributed by atoms with Gasteiger partial charge in [0.2, 0.25) is 0 Å². The smallest absolute Gasteiger partial charge is 0.404 e. The second-order valence-corrected chi connectivity index (χ2v) is 11.6. The lowest BCUT2D eigenvalue weighted by Crippen LogP contribution is -2.30. The summed E-state index contributed by atoms with van der Waals surface area (Å²) in [4.78, 5) is 23.2. The number of alkyl halides is 3. The number of nitro groups is 1. The van der Waals surface area contributed by atoms with Crippen LogP contribution in [0.5, 0.6) is 5.75 Å². The Labute approximate surface area is 238 Å². The maximum absolute atomic E-state index is 12.9. The quantitative estimate of drug-likeness (QED) is 0.198. The zero-order valence-electron chi connectivity index (χ0n) is 21.4. The maximum Gasteiger partial charge on any atom is 0.573 e. The van der Waals surface area contributed by atoms with Gasteiger partial charge in [-0.1, -0.05) is 49.1 Å². The third-order valence-corrected chi connectivity index (χ3v) is 8.29. The van der Waals surface area contributed by atoms with Gasteiger partial charge in [-0.25, -0.2) is 13.1 Å². The van der Waals surface area contributed by atoms with Crippen LogP contribution in [-0.2, 0) is 10.0 Å². The Hall–Kier alpha value is -3.84. The molecule has 1 fully saturated rings. The van der Waals surface area contributed by atoms with Crippen molar-refractivity contribution in [1.29, 1.82) is 0 Å². The largest absolute Gasteiger partial charge is 0.573 e. The van der Waals surface area contributed by atoms with Gasteiger partial charge in [0.05, 0.1) is 14.8 Å². The minimum atomic E-state index is -4.94. The van der Waals surface area contributed by atoms with Crippen LogP contribution in [0.25, 0.3) is 11.1 Å². The van der Waals surface area contributed by atoms with Crippen molar-refractivity contribution in [2.75, 3.05) is 11.9 Å². The molecule has 9 nitrogen and oxygen atoms in total. The molecule has 1 aliphatic rings. The Morgan fingerprint density at radius 3 is 2.29 bits per heavy atom. The van der Waals surface area contributed by atoms with E-state index in [2.05, 4.69) is 10.1 Å². The van der Waals surface area contributed by atoms with Gasteiger partial charge in [0.15, 0.2) is 0 Å². The summed E-state index contributed by atoms with van der Waals surface area (Å²) in [5, 5.41) is 14.5. The molecule has 1 aliphatic carbocycles. The zero-order valence-corrected chi connectivity index (χ0v) is 23.0. The molecule has 4 rings (SSSR count). The van der Waals surface area contributed by atoms with Crippen molar-refractivity contribution in [1.82, 2.24) is 4.72 Å². The fraction of sp³-hybridized carbons (Fsp3) is 0.296. The predicted molar refractivity (Wildman–Crippen MR) is 146 cm³/mol. The number of sulfonamides is 1. The molecule has 0 bridgehead atoms. The van der Waals surface area contributed by atoms with Gasteiger partial charge in [0, 0.05) is 18.2 Å². The number of ether oxygens (including phenoxy) is 1. The Bertz CT molecular complexity index is 1540. The number of hydrogen-bond acceptors (Lipinski definition) is 7. The van der Waals surface area contributed by atoms with E-state index in [4.69, 9.17) is 11.6 Å². The highest BCUT2D eigenvalue weighted by Gasteiger charge is 2.32.